The topological polar surface area (TPSA) is 51.2 Å². The summed E-state index contributed by atoms with van der Waals surface area (Å²) in [6, 6.07) is 11.2. The molecule has 1 N–H and O–H groups in total. The number of anilines is 1. The first-order valence-corrected chi connectivity index (χ1v) is 6.06. The first-order chi connectivity index (χ1) is 9.15. The molecule has 1 heterocycles. The van der Waals surface area contributed by atoms with E-state index in [2.05, 4.69) is 10.3 Å². The van der Waals surface area contributed by atoms with Crippen molar-refractivity contribution in [2.24, 2.45) is 0 Å². The molecule has 2 aromatic rings. The number of pyridine rings is 1. The smallest absolute Gasteiger partial charge is 0.262 e. The fraction of sp³-hybridized carbons (Fsp3) is 0.200. The second kappa shape index (κ2) is 6.00. The molecule has 4 heteroatoms. The molecule has 0 saturated heterocycles. The lowest BCUT2D eigenvalue weighted by atomic mass is 10.2. The van der Waals surface area contributed by atoms with Gasteiger partial charge in [0.05, 0.1) is 11.4 Å². The van der Waals surface area contributed by atoms with Crippen molar-refractivity contribution in [2.45, 2.75) is 13.8 Å². The highest BCUT2D eigenvalue weighted by Gasteiger charge is 2.05. The van der Waals surface area contributed by atoms with Gasteiger partial charge in [-0.3, -0.25) is 9.78 Å². The number of aromatic nitrogens is 1. The van der Waals surface area contributed by atoms with Crippen LogP contribution in [-0.4, -0.2) is 17.5 Å². The Labute approximate surface area is 112 Å². The maximum atomic E-state index is 11.7. The number of rotatable bonds is 4. The van der Waals surface area contributed by atoms with E-state index in [0.29, 0.717) is 11.4 Å². The number of nitrogens with one attached hydrogen (secondary N) is 1. The van der Waals surface area contributed by atoms with Crippen molar-refractivity contribution in [3.8, 4) is 5.75 Å². The summed E-state index contributed by atoms with van der Waals surface area (Å²) in [5.41, 5.74) is 2.65. The van der Waals surface area contributed by atoms with Gasteiger partial charge in [-0.2, -0.15) is 0 Å². The average Bonchev–Trinajstić information content (AvgIpc) is 2.41. The van der Waals surface area contributed by atoms with Crippen LogP contribution in [0.3, 0.4) is 0 Å². The van der Waals surface area contributed by atoms with Gasteiger partial charge in [-0.25, -0.2) is 0 Å². The SMILES string of the molecule is Cc1ccc(OCC(=O)Nc2cccnc2C)cc1. The number of benzene rings is 1. The zero-order chi connectivity index (χ0) is 13.7. The lowest BCUT2D eigenvalue weighted by Gasteiger charge is -2.09. The van der Waals surface area contributed by atoms with Gasteiger partial charge in [0.1, 0.15) is 5.75 Å². The third-order valence-electron chi connectivity index (χ3n) is 2.67. The molecule has 0 aliphatic rings. The van der Waals surface area contributed by atoms with E-state index >= 15 is 0 Å². The fourth-order valence-corrected chi connectivity index (χ4v) is 1.59. The highest BCUT2D eigenvalue weighted by atomic mass is 16.5. The van der Waals surface area contributed by atoms with Crippen molar-refractivity contribution in [3.63, 3.8) is 0 Å². The molecule has 0 aliphatic carbocycles. The van der Waals surface area contributed by atoms with Gasteiger partial charge in [0.15, 0.2) is 6.61 Å². The minimum Gasteiger partial charge on any atom is -0.484 e. The molecule has 0 fully saturated rings. The van der Waals surface area contributed by atoms with E-state index in [4.69, 9.17) is 4.74 Å². The quantitative estimate of drug-likeness (QED) is 0.915. The zero-order valence-electron chi connectivity index (χ0n) is 11.0. The van der Waals surface area contributed by atoms with Crippen LogP contribution < -0.4 is 10.1 Å². The molecule has 1 amide bonds. The molecule has 0 bridgehead atoms. The van der Waals surface area contributed by atoms with Gasteiger partial charge in [-0.05, 0) is 38.1 Å². The summed E-state index contributed by atoms with van der Waals surface area (Å²) in [6.45, 7) is 3.83. The lowest BCUT2D eigenvalue weighted by Crippen LogP contribution is -2.20. The van der Waals surface area contributed by atoms with E-state index < -0.39 is 0 Å². The first kappa shape index (κ1) is 13.1. The molecule has 0 aliphatic heterocycles. The predicted octanol–water partition coefficient (Wildman–Crippen LogP) is 2.72. The van der Waals surface area contributed by atoms with E-state index in [0.717, 1.165) is 11.3 Å². The molecule has 0 atom stereocenters. The predicted molar refractivity (Wildman–Crippen MR) is 74.3 cm³/mol. The summed E-state index contributed by atoms with van der Waals surface area (Å²) in [5, 5.41) is 2.77. The summed E-state index contributed by atoms with van der Waals surface area (Å²) in [6.07, 6.45) is 1.69. The fourth-order valence-electron chi connectivity index (χ4n) is 1.59. The van der Waals surface area contributed by atoms with Crippen LogP contribution in [0.15, 0.2) is 42.6 Å². The second-order valence-electron chi connectivity index (χ2n) is 4.29. The number of carbonyl (C=O) groups excluding carboxylic acids is 1. The van der Waals surface area contributed by atoms with Crippen molar-refractivity contribution in [1.29, 1.82) is 0 Å². The van der Waals surface area contributed by atoms with E-state index in [1.165, 1.54) is 0 Å². The van der Waals surface area contributed by atoms with E-state index in [-0.39, 0.29) is 12.5 Å². The Hall–Kier alpha value is -2.36. The minimum absolute atomic E-state index is 0.0165. The molecule has 0 unspecified atom stereocenters. The molecule has 19 heavy (non-hydrogen) atoms. The largest absolute Gasteiger partial charge is 0.484 e. The Morgan fingerprint density at radius 1 is 1.21 bits per heavy atom. The summed E-state index contributed by atoms with van der Waals surface area (Å²) >= 11 is 0. The van der Waals surface area contributed by atoms with Gasteiger partial charge in [-0.15, -0.1) is 0 Å². The van der Waals surface area contributed by atoms with Gasteiger partial charge in [0, 0.05) is 6.20 Å². The molecule has 98 valence electrons. The second-order valence-corrected chi connectivity index (χ2v) is 4.29. The van der Waals surface area contributed by atoms with Crippen LogP contribution in [0.5, 0.6) is 5.75 Å². The molecule has 0 saturated carbocycles. The van der Waals surface area contributed by atoms with Gasteiger partial charge in [0.25, 0.3) is 5.91 Å². The van der Waals surface area contributed by atoms with Crippen LogP contribution in [0.4, 0.5) is 5.69 Å². The van der Waals surface area contributed by atoms with E-state index in [9.17, 15) is 4.79 Å². The van der Waals surface area contributed by atoms with Crippen molar-refractivity contribution in [3.05, 3.63) is 53.9 Å². The average molecular weight is 256 g/mol. The lowest BCUT2D eigenvalue weighted by molar-refractivity contribution is -0.118. The molecule has 1 aromatic carbocycles. The third kappa shape index (κ3) is 3.81. The molecular formula is C15H16N2O2. The summed E-state index contributed by atoms with van der Waals surface area (Å²) < 4.78 is 5.40. The van der Waals surface area contributed by atoms with Crippen molar-refractivity contribution in [1.82, 2.24) is 4.98 Å². The van der Waals surface area contributed by atoms with E-state index in [1.54, 1.807) is 12.3 Å². The van der Waals surface area contributed by atoms with Gasteiger partial charge in [-0.1, -0.05) is 17.7 Å². The number of aryl methyl sites for hydroxylation is 2. The number of hydrogen-bond acceptors (Lipinski definition) is 3. The Morgan fingerprint density at radius 2 is 1.95 bits per heavy atom. The van der Waals surface area contributed by atoms with Crippen molar-refractivity contribution < 1.29 is 9.53 Å². The van der Waals surface area contributed by atoms with Crippen molar-refractivity contribution in [2.75, 3.05) is 11.9 Å². The summed E-state index contributed by atoms with van der Waals surface area (Å²) in [4.78, 5) is 15.8. The van der Waals surface area contributed by atoms with Crippen LogP contribution in [-0.2, 0) is 4.79 Å². The van der Waals surface area contributed by atoms with Crippen LogP contribution >= 0.6 is 0 Å². The van der Waals surface area contributed by atoms with Crippen LogP contribution in [0.25, 0.3) is 0 Å². The number of ether oxygens (including phenoxy) is 1. The number of nitrogens with zero attached hydrogens (tertiary/aromatic N) is 1. The Morgan fingerprint density at radius 3 is 2.63 bits per heavy atom. The third-order valence-corrected chi connectivity index (χ3v) is 2.67. The molecule has 4 nitrogen and oxygen atoms in total. The van der Waals surface area contributed by atoms with Crippen LogP contribution in [0, 0.1) is 13.8 Å². The normalized spacial score (nSPS) is 10.0. The molecule has 2 rings (SSSR count). The summed E-state index contributed by atoms with van der Waals surface area (Å²) in [5.74, 6) is 0.486. The number of carbonyl (C=O) groups is 1. The highest BCUT2D eigenvalue weighted by Crippen LogP contribution is 2.12. The highest BCUT2D eigenvalue weighted by molar-refractivity contribution is 5.92. The van der Waals surface area contributed by atoms with Crippen molar-refractivity contribution >= 4 is 11.6 Å². The Bertz CT molecular complexity index is 565. The standard InChI is InChI=1S/C15H16N2O2/c1-11-5-7-13(8-6-11)19-10-15(18)17-14-4-3-9-16-12(14)2/h3-9H,10H2,1-2H3,(H,17,18). The maximum absolute atomic E-state index is 11.7. The first-order valence-electron chi connectivity index (χ1n) is 6.06. The van der Waals surface area contributed by atoms with Gasteiger partial charge >= 0.3 is 0 Å². The van der Waals surface area contributed by atoms with Crippen LogP contribution in [0.1, 0.15) is 11.3 Å². The molecular weight excluding hydrogens is 240 g/mol. The monoisotopic (exact) mass is 256 g/mol. The zero-order valence-corrected chi connectivity index (χ0v) is 11.0. The Balaban J connectivity index is 1.88. The number of hydrogen-bond donors (Lipinski definition) is 1. The molecule has 0 spiro atoms. The molecule has 1 aromatic heterocycles. The minimum atomic E-state index is -0.198. The van der Waals surface area contributed by atoms with E-state index in [1.807, 2.05) is 44.2 Å². The summed E-state index contributed by atoms with van der Waals surface area (Å²) in [7, 11) is 0. The Kier molecular flexibility index (Phi) is 4.13. The molecule has 0 radical (unpaired) electrons. The van der Waals surface area contributed by atoms with Gasteiger partial charge in [0.2, 0.25) is 0 Å². The van der Waals surface area contributed by atoms with Crippen LogP contribution in [0.2, 0.25) is 0 Å². The maximum Gasteiger partial charge on any atom is 0.262 e. The number of amides is 1. The van der Waals surface area contributed by atoms with Gasteiger partial charge < -0.3 is 10.1 Å².